The fourth-order valence-corrected chi connectivity index (χ4v) is 4.55. The molecule has 4 N–H and O–H groups in total. The van der Waals surface area contributed by atoms with E-state index in [9.17, 15) is 32.7 Å². The fourth-order valence-electron chi connectivity index (χ4n) is 4.55. The van der Waals surface area contributed by atoms with Gasteiger partial charge in [-0.1, -0.05) is 12.2 Å². The molecule has 2 aromatic rings. The van der Waals surface area contributed by atoms with E-state index in [1.807, 2.05) is 0 Å². The van der Waals surface area contributed by atoms with Crippen molar-refractivity contribution in [2.45, 2.75) is 51.8 Å². The number of phenols is 1. The van der Waals surface area contributed by atoms with Gasteiger partial charge in [-0.15, -0.1) is 0 Å². The quantitative estimate of drug-likeness (QED) is 0.195. The average Bonchev–Trinajstić information content (AvgIpc) is 2.95. The molecule has 0 unspecified atom stereocenters. The summed E-state index contributed by atoms with van der Waals surface area (Å²) in [5.41, 5.74) is 4.99. The number of rotatable bonds is 11. The summed E-state index contributed by atoms with van der Waals surface area (Å²) in [6, 6.07) is 7.57. The number of likely N-dealkylation sites (tertiary alicyclic amines) is 1. The van der Waals surface area contributed by atoms with Gasteiger partial charge in [-0.2, -0.15) is 13.2 Å². The summed E-state index contributed by atoms with van der Waals surface area (Å²) in [6.07, 6.45) is -2.25. The van der Waals surface area contributed by atoms with Gasteiger partial charge in [-0.25, -0.2) is 0 Å². The number of amidine groups is 1. The van der Waals surface area contributed by atoms with Crippen molar-refractivity contribution in [2.75, 3.05) is 31.1 Å². The molecule has 43 heavy (non-hydrogen) atoms. The Labute approximate surface area is 247 Å². The second-order valence-corrected chi connectivity index (χ2v) is 9.90. The molecule has 232 valence electrons. The summed E-state index contributed by atoms with van der Waals surface area (Å²) in [5, 5.41) is 17.8. The van der Waals surface area contributed by atoms with Gasteiger partial charge in [0.05, 0.1) is 18.6 Å². The SMILES string of the molecule is CCOC(=O)CCC(=O)N(CC=Cc1cc(C(=N)N)ccc1O)c1ccc(OC2CCN(C(C)=O)CC2)c(C(F)(F)F)c1. The Morgan fingerprint density at radius 2 is 1.84 bits per heavy atom. The molecule has 1 heterocycles. The van der Waals surface area contributed by atoms with E-state index in [0.29, 0.717) is 31.5 Å². The number of phenolic OH excluding ortho intramolecular Hbond substituents is 1. The first-order chi connectivity index (χ1) is 20.3. The number of carbonyl (C=O) groups is 3. The minimum absolute atomic E-state index is 0.0775. The average molecular weight is 605 g/mol. The first-order valence-electron chi connectivity index (χ1n) is 13.7. The second kappa shape index (κ2) is 14.6. The largest absolute Gasteiger partial charge is 0.507 e. The van der Waals surface area contributed by atoms with Gasteiger partial charge in [0.25, 0.3) is 0 Å². The molecule has 0 saturated carbocycles. The minimum Gasteiger partial charge on any atom is -0.507 e. The zero-order valence-electron chi connectivity index (χ0n) is 23.9. The molecule has 0 aliphatic carbocycles. The van der Waals surface area contributed by atoms with Gasteiger partial charge in [0.2, 0.25) is 11.8 Å². The van der Waals surface area contributed by atoms with Crippen LogP contribution in [0.25, 0.3) is 6.08 Å². The number of nitrogens with two attached hydrogens (primary N) is 1. The third-order valence-corrected chi connectivity index (χ3v) is 6.83. The third-order valence-electron chi connectivity index (χ3n) is 6.83. The predicted octanol–water partition coefficient (Wildman–Crippen LogP) is 4.47. The second-order valence-electron chi connectivity index (χ2n) is 9.90. The number of hydrogen-bond acceptors (Lipinski definition) is 7. The Kier molecular flexibility index (Phi) is 11.2. The summed E-state index contributed by atoms with van der Waals surface area (Å²) in [4.78, 5) is 39.3. The van der Waals surface area contributed by atoms with Crippen LogP contribution in [0.1, 0.15) is 56.2 Å². The molecule has 0 atom stereocenters. The number of carbonyl (C=O) groups excluding carboxylic acids is 3. The van der Waals surface area contributed by atoms with Crippen molar-refractivity contribution in [2.24, 2.45) is 5.73 Å². The number of nitrogens with zero attached hydrogens (tertiary/aromatic N) is 2. The number of esters is 1. The molecule has 0 spiro atoms. The van der Waals surface area contributed by atoms with E-state index >= 15 is 0 Å². The van der Waals surface area contributed by atoms with Crippen LogP contribution in [0.5, 0.6) is 11.5 Å². The lowest BCUT2D eigenvalue weighted by atomic mass is 10.1. The Morgan fingerprint density at radius 1 is 1.14 bits per heavy atom. The number of amides is 2. The molecule has 0 bridgehead atoms. The molecular formula is C30H35F3N4O6. The van der Waals surface area contributed by atoms with Crippen molar-refractivity contribution < 1.29 is 42.1 Å². The predicted molar refractivity (Wildman–Crippen MR) is 154 cm³/mol. The Hall–Kier alpha value is -4.55. The van der Waals surface area contributed by atoms with Crippen LogP contribution in [-0.2, 0) is 25.3 Å². The van der Waals surface area contributed by atoms with Gasteiger partial charge in [0, 0.05) is 62.6 Å². The molecule has 0 aromatic heterocycles. The zero-order chi connectivity index (χ0) is 31.7. The number of ether oxygens (including phenoxy) is 2. The highest BCUT2D eigenvalue weighted by Crippen LogP contribution is 2.40. The van der Waals surface area contributed by atoms with Crippen molar-refractivity contribution >= 4 is 35.4 Å². The van der Waals surface area contributed by atoms with Crippen LogP contribution in [0.4, 0.5) is 18.9 Å². The number of hydrogen-bond donors (Lipinski definition) is 3. The molecule has 0 radical (unpaired) electrons. The zero-order valence-corrected chi connectivity index (χ0v) is 23.9. The molecular weight excluding hydrogens is 569 g/mol. The molecule has 10 nitrogen and oxygen atoms in total. The van der Waals surface area contributed by atoms with Gasteiger partial charge < -0.3 is 30.1 Å². The first-order valence-corrected chi connectivity index (χ1v) is 13.7. The number of piperidine rings is 1. The summed E-state index contributed by atoms with van der Waals surface area (Å²) < 4.78 is 53.2. The topological polar surface area (TPSA) is 146 Å². The monoisotopic (exact) mass is 604 g/mol. The van der Waals surface area contributed by atoms with Crippen molar-refractivity contribution in [1.29, 1.82) is 5.41 Å². The van der Waals surface area contributed by atoms with E-state index in [-0.39, 0.29) is 54.7 Å². The highest BCUT2D eigenvalue weighted by Gasteiger charge is 2.36. The summed E-state index contributed by atoms with van der Waals surface area (Å²) >= 11 is 0. The smallest absolute Gasteiger partial charge is 0.420 e. The van der Waals surface area contributed by atoms with Crippen LogP contribution in [0.15, 0.2) is 42.5 Å². The van der Waals surface area contributed by atoms with Crippen LogP contribution in [-0.4, -0.2) is 66.0 Å². The lowest BCUT2D eigenvalue weighted by Crippen LogP contribution is -2.40. The molecule has 3 rings (SSSR count). The van der Waals surface area contributed by atoms with Gasteiger partial charge in [0.15, 0.2) is 0 Å². The molecule has 1 fully saturated rings. The van der Waals surface area contributed by atoms with E-state index in [0.717, 1.165) is 17.0 Å². The first kappa shape index (κ1) is 33.0. The van der Waals surface area contributed by atoms with Gasteiger partial charge in [-0.05, 0) is 43.3 Å². The summed E-state index contributed by atoms with van der Waals surface area (Å²) in [6.45, 7) is 3.71. The van der Waals surface area contributed by atoms with Crippen LogP contribution in [0.3, 0.4) is 0 Å². The maximum Gasteiger partial charge on any atom is 0.420 e. The number of nitrogen functional groups attached to an aromatic ring is 1. The third kappa shape index (κ3) is 9.22. The molecule has 2 aromatic carbocycles. The van der Waals surface area contributed by atoms with Crippen LogP contribution in [0, 0.1) is 5.41 Å². The Bertz CT molecular complexity index is 1370. The van der Waals surface area contributed by atoms with E-state index in [4.69, 9.17) is 20.6 Å². The van der Waals surface area contributed by atoms with E-state index in [2.05, 4.69) is 0 Å². The highest BCUT2D eigenvalue weighted by molar-refractivity contribution is 5.96. The molecule has 2 amide bonds. The molecule has 13 heteroatoms. The summed E-state index contributed by atoms with van der Waals surface area (Å²) in [7, 11) is 0. The normalized spacial score (nSPS) is 14.0. The van der Waals surface area contributed by atoms with Crippen molar-refractivity contribution in [3.05, 3.63) is 59.2 Å². The van der Waals surface area contributed by atoms with Crippen molar-refractivity contribution in [1.82, 2.24) is 4.90 Å². The molecule has 1 aliphatic rings. The van der Waals surface area contributed by atoms with Crippen LogP contribution in [0.2, 0.25) is 0 Å². The number of alkyl halides is 3. The van der Waals surface area contributed by atoms with E-state index in [1.54, 1.807) is 11.8 Å². The maximum absolute atomic E-state index is 14.2. The van der Waals surface area contributed by atoms with Gasteiger partial charge in [0.1, 0.15) is 23.4 Å². The number of anilines is 1. The highest BCUT2D eigenvalue weighted by atomic mass is 19.4. The standard InChI is InChI=1S/C30H35F3N4O6/c1-3-42-28(41)11-10-27(40)37(14-4-5-20-17-21(29(34)35)6-8-25(20)39)22-7-9-26(24(18-22)30(31,32)33)43-23-12-15-36(16-13-23)19(2)38/h4-9,17-18,23,39H,3,10-16H2,1-2H3,(H3,34,35). The van der Waals surface area contributed by atoms with E-state index in [1.165, 1.54) is 43.3 Å². The fraction of sp³-hybridized carbons (Fsp3) is 0.400. The molecule has 1 saturated heterocycles. The Morgan fingerprint density at radius 3 is 2.44 bits per heavy atom. The van der Waals surface area contributed by atoms with Crippen LogP contribution >= 0.6 is 0 Å². The lowest BCUT2D eigenvalue weighted by molar-refractivity contribution is -0.144. The lowest BCUT2D eigenvalue weighted by Gasteiger charge is -2.32. The minimum atomic E-state index is -4.81. The Balaban J connectivity index is 1.90. The molecule has 1 aliphatic heterocycles. The number of halogens is 3. The van der Waals surface area contributed by atoms with E-state index < -0.39 is 35.5 Å². The van der Waals surface area contributed by atoms with Gasteiger partial charge in [-0.3, -0.25) is 19.8 Å². The van der Waals surface area contributed by atoms with Crippen molar-refractivity contribution in [3.8, 4) is 11.5 Å². The van der Waals surface area contributed by atoms with Crippen LogP contribution < -0.4 is 15.4 Å². The number of benzene rings is 2. The number of nitrogens with one attached hydrogen (secondary N) is 1. The van der Waals surface area contributed by atoms with Gasteiger partial charge >= 0.3 is 12.1 Å². The van der Waals surface area contributed by atoms with Crippen molar-refractivity contribution in [3.63, 3.8) is 0 Å². The number of aromatic hydroxyl groups is 1. The summed E-state index contributed by atoms with van der Waals surface area (Å²) in [5.74, 6) is -2.10. The maximum atomic E-state index is 14.2.